The van der Waals surface area contributed by atoms with Crippen LogP contribution in [0.3, 0.4) is 0 Å². The summed E-state index contributed by atoms with van der Waals surface area (Å²) in [6.07, 6.45) is 2.72. The molecule has 0 aromatic carbocycles. The highest BCUT2D eigenvalue weighted by Gasteiger charge is 2.25. The van der Waals surface area contributed by atoms with Gasteiger partial charge in [-0.2, -0.15) is 0 Å². The Bertz CT molecular complexity index is 525. The lowest BCUT2D eigenvalue weighted by Crippen LogP contribution is -2.52. The van der Waals surface area contributed by atoms with Crippen LogP contribution in [0.4, 0.5) is 0 Å². The van der Waals surface area contributed by atoms with E-state index in [1.807, 2.05) is 19.0 Å². The van der Waals surface area contributed by atoms with Crippen molar-refractivity contribution in [3.05, 3.63) is 24.0 Å². The maximum Gasteiger partial charge on any atom is 0.255 e. The second-order valence-electron chi connectivity index (χ2n) is 5.34. The zero-order valence-electron chi connectivity index (χ0n) is 12.3. The van der Waals surface area contributed by atoms with Gasteiger partial charge >= 0.3 is 0 Å². The molecule has 21 heavy (non-hydrogen) atoms. The van der Waals surface area contributed by atoms with Crippen LogP contribution in [0.5, 0.6) is 5.75 Å². The summed E-state index contributed by atoms with van der Waals surface area (Å²) < 4.78 is 0. The molecule has 7 nitrogen and oxygen atoms in total. The van der Waals surface area contributed by atoms with Crippen LogP contribution in [0.15, 0.2) is 18.5 Å². The molecule has 0 atom stereocenters. The molecule has 1 fully saturated rings. The number of pyridine rings is 1. The molecule has 0 spiro atoms. The van der Waals surface area contributed by atoms with Crippen molar-refractivity contribution in [3.63, 3.8) is 0 Å². The van der Waals surface area contributed by atoms with Crippen LogP contribution in [0.1, 0.15) is 10.4 Å². The Kier molecular flexibility index (Phi) is 4.74. The summed E-state index contributed by atoms with van der Waals surface area (Å²) in [6, 6.07) is 1.40. The van der Waals surface area contributed by atoms with Crippen molar-refractivity contribution < 1.29 is 14.7 Å². The summed E-state index contributed by atoms with van der Waals surface area (Å²) in [5.74, 6) is -0.120. The fourth-order valence-electron chi connectivity index (χ4n) is 2.26. The van der Waals surface area contributed by atoms with Gasteiger partial charge in [0, 0.05) is 32.4 Å². The third-order valence-electron chi connectivity index (χ3n) is 3.34. The lowest BCUT2D eigenvalue weighted by molar-refractivity contribution is -0.133. The molecule has 2 heterocycles. The van der Waals surface area contributed by atoms with E-state index >= 15 is 0 Å². The molecule has 2 rings (SSSR count). The van der Waals surface area contributed by atoms with Gasteiger partial charge in [-0.05, 0) is 20.2 Å². The van der Waals surface area contributed by atoms with E-state index in [2.05, 4.69) is 4.98 Å². The summed E-state index contributed by atoms with van der Waals surface area (Å²) in [4.78, 5) is 33.3. The van der Waals surface area contributed by atoms with Gasteiger partial charge in [0.05, 0.1) is 18.3 Å². The zero-order valence-corrected chi connectivity index (χ0v) is 12.3. The average molecular weight is 292 g/mol. The van der Waals surface area contributed by atoms with Crippen molar-refractivity contribution in [3.8, 4) is 5.75 Å². The molecule has 1 N–H and O–H groups in total. The highest BCUT2D eigenvalue weighted by molar-refractivity contribution is 5.94. The topological polar surface area (TPSA) is 77.0 Å². The molecular formula is C14H20N4O3. The van der Waals surface area contributed by atoms with E-state index in [9.17, 15) is 14.7 Å². The molecule has 7 heteroatoms. The number of nitrogens with zero attached hydrogens (tertiary/aromatic N) is 4. The van der Waals surface area contributed by atoms with Gasteiger partial charge < -0.3 is 19.8 Å². The highest BCUT2D eigenvalue weighted by Crippen LogP contribution is 2.13. The number of piperazine rings is 1. The maximum absolute atomic E-state index is 12.3. The molecule has 0 saturated carbocycles. The molecule has 114 valence electrons. The Balaban J connectivity index is 1.92. The number of carbonyl (C=O) groups excluding carboxylic acids is 2. The molecule has 1 aromatic rings. The van der Waals surface area contributed by atoms with Crippen molar-refractivity contribution in [1.29, 1.82) is 0 Å². The molecule has 0 radical (unpaired) electrons. The predicted octanol–water partition coefficient (Wildman–Crippen LogP) is -0.367. The number of hydrogen-bond acceptors (Lipinski definition) is 5. The fourth-order valence-corrected chi connectivity index (χ4v) is 2.26. The summed E-state index contributed by atoms with van der Waals surface area (Å²) in [7, 11) is 3.71. The van der Waals surface area contributed by atoms with Crippen molar-refractivity contribution in [2.75, 3.05) is 46.8 Å². The predicted molar refractivity (Wildman–Crippen MR) is 76.9 cm³/mol. The monoisotopic (exact) mass is 292 g/mol. The fraction of sp³-hybridized carbons (Fsp3) is 0.500. The van der Waals surface area contributed by atoms with Crippen LogP contribution < -0.4 is 0 Å². The number of aromatic hydroxyl groups is 1. The maximum atomic E-state index is 12.3. The minimum atomic E-state index is -0.168. The molecule has 0 unspecified atom stereocenters. The first-order valence-corrected chi connectivity index (χ1v) is 6.83. The molecule has 0 aliphatic carbocycles. The summed E-state index contributed by atoms with van der Waals surface area (Å²) in [6.45, 7) is 2.43. The van der Waals surface area contributed by atoms with Gasteiger partial charge in [0.1, 0.15) is 5.75 Å². The van der Waals surface area contributed by atoms with Gasteiger partial charge in [-0.3, -0.25) is 14.6 Å². The number of rotatable bonds is 3. The lowest BCUT2D eigenvalue weighted by Gasteiger charge is -2.35. The number of amides is 2. The molecule has 1 saturated heterocycles. The van der Waals surface area contributed by atoms with Crippen LogP contribution in [-0.2, 0) is 4.79 Å². The van der Waals surface area contributed by atoms with E-state index in [-0.39, 0.29) is 17.6 Å². The van der Waals surface area contributed by atoms with Gasteiger partial charge in [0.15, 0.2) is 0 Å². The first kappa shape index (κ1) is 15.2. The minimum absolute atomic E-state index is 0.0272. The van der Waals surface area contributed by atoms with Gasteiger partial charge in [-0.25, -0.2) is 0 Å². The molecule has 0 bridgehead atoms. The van der Waals surface area contributed by atoms with Gasteiger partial charge in [-0.1, -0.05) is 0 Å². The molecular weight excluding hydrogens is 272 g/mol. The van der Waals surface area contributed by atoms with Crippen molar-refractivity contribution in [1.82, 2.24) is 19.7 Å². The lowest BCUT2D eigenvalue weighted by atomic mass is 10.2. The van der Waals surface area contributed by atoms with E-state index < -0.39 is 0 Å². The van der Waals surface area contributed by atoms with Crippen molar-refractivity contribution in [2.45, 2.75) is 0 Å². The largest absolute Gasteiger partial charge is 0.506 e. The van der Waals surface area contributed by atoms with Gasteiger partial charge in [0.2, 0.25) is 5.91 Å². The van der Waals surface area contributed by atoms with Gasteiger partial charge in [-0.15, -0.1) is 0 Å². The third kappa shape index (κ3) is 3.91. The van der Waals surface area contributed by atoms with E-state index in [4.69, 9.17) is 0 Å². The Morgan fingerprint density at radius 2 is 1.81 bits per heavy atom. The number of carbonyl (C=O) groups is 2. The second-order valence-corrected chi connectivity index (χ2v) is 5.34. The van der Waals surface area contributed by atoms with Crippen LogP contribution in [0, 0.1) is 0 Å². The number of aromatic nitrogens is 1. The zero-order chi connectivity index (χ0) is 15.4. The molecule has 2 amide bonds. The van der Waals surface area contributed by atoms with Crippen LogP contribution in [0.25, 0.3) is 0 Å². The first-order chi connectivity index (χ1) is 9.97. The van der Waals surface area contributed by atoms with Crippen LogP contribution >= 0.6 is 0 Å². The van der Waals surface area contributed by atoms with Crippen LogP contribution in [-0.4, -0.2) is 83.4 Å². The smallest absolute Gasteiger partial charge is 0.255 e. The molecule has 1 aromatic heterocycles. The number of likely N-dealkylation sites (N-methyl/N-ethyl adjacent to an activating group) is 1. The third-order valence-corrected chi connectivity index (χ3v) is 3.34. The first-order valence-electron chi connectivity index (χ1n) is 6.83. The van der Waals surface area contributed by atoms with Gasteiger partial charge in [0.25, 0.3) is 5.91 Å². The van der Waals surface area contributed by atoms with E-state index in [0.717, 1.165) is 0 Å². The minimum Gasteiger partial charge on any atom is -0.506 e. The Hall–Kier alpha value is -2.15. The normalized spacial score (nSPS) is 15.4. The Morgan fingerprint density at radius 3 is 2.38 bits per heavy atom. The standard InChI is InChI=1S/C14H20N4O3/c1-16(2)10-13(20)17-3-5-18(6-4-17)14(21)11-7-12(19)9-15-8-11/h7-9,19H,3-6,10H2,1-2H3. The second kappa shape index (κ2) is 6.53. The Labute approximate surface area is 123 Å². The summed E-state index contributed by atoms with van der Waals surface area (Å²) in [5.41, 5.74) is 0.364. The molecule has 1 aliphatic heterocycles. The van der Waals surface area contributed by atoms with E-state index in [0.29, 0.717) is 38.3 Å². The SMILES string of the molecule is CN(C)CC(=O)N1CCN(C(=O)c2cncc(O)c2)CC1. The summed E-state index contributed by atoms with van der Waals surface area (Å²) in [5, 5.41) is 9.37. The molecule has 1 aliphatic rings. The van der Waals surface area contributed by atoms with E-state index in [1.165, 1.54) is 18.5 Å². The summed E-state index contributed by atoms with van der Waals surface area (Å²) >= 11 is 0. The van der Waals surface area contributed by atoms with Crippen molar-refractivity contribution in [2.24, 2.45) is 0 Å². The van der Waals surface area contributed by atoms with Crippen molar-refractivity contribution >= 4 is 11.8 Å². The average Bonchev–Trinajstić information content (AvgIpc) is 2.46. The highest BCUT2D eigenvalue weighted by atomic mass is 16.3. The van der Waals surface area contributed by atoms with E-state index in [1.54, 1.807) is 9.80 Å². The number of hydrogen-bond donors (Lipinski definition) is 1. The Morgan fingerprint density at radius 1 is 1.19 bits per heavy atom. The quantitative estimate of drug-likeness (QED) is 0.823. The van der Waals surface area contributed by atoms with Crippen LogP contribution in [0.2, 0.25) is 0 Å².